The average molecular weight is 322 g/mol. The molecule has 0 aromatic heterocycles. The van der Waals surface area contributed by atoms with Gasteiger partial charge in [-0.15, -0.1) is 0 Å². The molecule has 4 heteroatoms. The van der Waals surface area contributed by atoms with Crippen LogP contribution in [0.15, 0.2) is 46.9 Å². The highest BCUT2D eigenvalue weighted by atomic mass is 79.9. The second kappa shape index (κ2) is 5.97. The van der Waals surface area contributed by atoms with Crippen molar-refractivity contribution in [3.63, 3.8) is 0 Å². The lowest BCUT2D eigenvalue weighted by atomic mass is 10.1. The zero-order valence-electron chi connectivity index (χ0n) is 10.4. The Labute approximate surface area is 120 Å². The zero-order chi connectivity index (χ0) is 13.8. The van der Waals surface area contributed by atoms with Gasteiger partial charge >= 0.3 is 0 Å². The molecule has 0 saturated heterocycles. The molecular formula is C15H13BrFNO. The molecule has 0 aliphatic carbocycles. The van der Waals surface area contributed by atoms with Gasteiger partial charge in [-0.3, -0.25) is 4.79 Å². The van der Waals surface area contributed by atoms with Crippen LogP contribution in [0.2, 0.25) is 0 Å². The number of carbonyl (C=O) groups excluding carboxylic acids is 1. The molecule has 0 radical (unpaired) electrons. The van der Waals surface area contributed by atoms with E-state index in [9.17, 15) is 9.18 Å². The molecule has 0 spiro atoms. The fraction of sp³-hybridized carbons (Fsp3) is 0.133. The van der Waals surface area contributed by atoms with Crippen LogP contribution in [0.3, 0.4) is 0 Å². The predicted molar refractivity (Wildman–Crippen MR) is 78.0 cm³/mol. The van der Waals surface area contributed by atoms with E-state index < -0.39 is 0 Å². The molecule has 0 atom stereocenters. The summed E-state index contributed by atoms with van der Waals surface area (Å²) in [7, 11) is 1.77. The molecular weight excluding hydrogens is 309 g/mol. The largest absolute Gasteiger partial charge is 0.367 e. The smallest absolute Gasteiger partial charge is 0.152 e. The Bertz CT molecular complexity index is 583. The molecule has 0 aliphatic rings. The fourth-order valence-corrected chi connectivity index (χ4v) is 2.24. The Morgan fingerprint density at radius 3 is 2.53 bits per heavy atom. The predicted octanol–water partition coefficient (Wildman–Crippen LogP) is 4.04. The van der Waals surface area contributed by atoms with Gasteiger partial charge in [-0.05, 0) is 29.8 Å². The minimum Gasteiger partial charge on any atom is -0.367 e. The third-order valence-corrected chi connectivity index (χ3v) is 3.39. The molecule has 0 N–H and O–H groups in total. The van der Waals surface area contributed by atoms with Crippen LogP contribution in [0.1, 0.15) is 15.9 Å². The third kappa shape index (κ3) is 3.20. The molecule has 2 aromatic carbocycles. The van der Waals surface area contributed by atoms with Gasteiger partial charge in [0.05, 0.1) is 5.69 Å². The highest BCUT2D eigenvalue weighted by Crippen LogP contribution is 2.24. The lowest BCUT2D eigenvalue weighted by molar-refractivity contribution is 0.112. The van der Waals surface area contributed by atoms with Crippen molar-refractivity contribution in [3.8, 4) is 0 Å². The van der Waals surface area contributed by atoms with Crippen molar-refractivity contribution >= 4 is 27.9 Å². The van der Waals surface area contributed by atoms with E-state index in [0.717, 1.165) is 10.0 Å². The Kier molecular flexibility index (Phi) is 4.32. The molecule has 0 heterocycles. The van der Waals surface area contributed by atoms with E-state index in [-0.39, 0.29) is 5.82 Å². The van der Waals surface area contributed by atoms with Crippen molar-refractivity contribution in [2.75, 3.05) is 11.9 Å². The standard InChI is InChI=1S/C15H13BrFNO/c1-18(9-11-5-7-13(16)8-6-11)15-12(10-19)3-2-4-14(15)17/h2-8,10H,9H2,1H3. The molecule has 0 aliphatic heterocycles. The first-order valence-electron chi connectivity index (χ1n) is 5.81. The van der Waals surface area contributed by atoms with E-state index in [2.05, 4.69) is 15.9 Å². The van der Waals surface area contributed by atoms with E-state index >= 15 is 0 Å². The van der Waals surface area contributed by atoms with Crippen LogP contribution in [0.5, 0.6) is 0 Å². The van der Waals surface area contributed by atoms with Gasteiger partial charge in [0, 0.05) is 23.6 Å². The normalized spacial score (nSPS) is 10.3. The number of halogens is 2. The van der Waals surface area contributed by atoms with Crippen LogP contribution < -0.4 is 4.90 Å². The minimum atomic E-state index is -0.385. The summed E-state index contributed by atoms with van der Waals surface area (Å²) in [4.78, 5) is 12.7. The number of para-hydroxylation sites is 1. The van der Waals surface area contributed by atoms with Gasteiger partial charge in [-0.2, -0.15) is 0 Å². The monoisotopic (exact) mass is 321 g/mol. The summed E-state index contributed by atoms with van der Waals surface area (Å²) in [5.41, 5.74) is 1.74. The van der Waals surface area contributed by atoms with Crippen molar-refractivity contribution in [2.45, 2.75) is 6.54 Å². The Balaban J connectivity index is 2.27. The molecule has 19 heavy (non-hydrogen) atoms. The molecule has 2 rings (SSSR count). The minimum absolute atomic E-state index is 0.334. The number of hydrogen-bond donors (Lipinski definition) is 0. The van der Waals surface area contributed by atoms with Crippen molar-refractivity contribution in [1.82, 2.24) is 0 Å². The van der Waals surface area contributed by atoms with Crippen LogP contribution >= 0.6 is 15.9 Å². The maximum atomic E-state index is 13.8. The molecule has 0 saturated carbocycles. The molecule has 0 fully saturated rings. The number of aldehydes is 1. The van der Waals surface area contributed by atoms with Crippen LogP contribution in [0, 0.1) is 5.82 Å². The van der Waals surface area contributed by atoms with E-state index in [4.69, 9.17) is 0 Å². The summed E-state index contributed by atoms with van der Waals surface area (Å²) >= 11 is 3.37. The van der Waals surface area contributed by atoms with E-state index in [1.165, 1.54) is 12.1 Å². The molecule has 0 amide bonds. The van der Waals surface area contributed by atoms with Gasteiger partial charge in [0.1, 0.15) is 5.82 Å². The molecule has 2 nitrogen and oxygen atoms in total. The summed E-state index contributed by atoms with van der Waals surface area (Å²) in [6.07, 6.45) is 0.677. The first-order chi connectivity index (χ1) is 9.11. The second-order valence-electron chi connectivity index (χ2n) is 4.28. The Hall–Kier alpha value is -1.68. The average Bonchev–Trinajstić information content (AvgIpc) is 2.40. The van der Waals surface area contributed by atoms with Crippen LogP contribution in [-0.4, -0.2) is 13.3 Å². The molecule has 98 valence electrons. The Morgan fingerprint density at radius 1 is 1.21 bits per heavy atom. The summed E-state index contributed by atoms with van der Waals surface area (Å²) in [6.45, 7) is 0.537. The summed E-state index contributed by atoms with van der Waals surface area (Å²) < 4.78 is 14.8. The van der Waals surface area contributed by atoms with Crippen LogP contribution in [-0.2, 0) is 6.54 Å². The molecule has 2 aromatic rings. The summed E-state index contributed by atoms with van der Waals surface area (Å²) in [5.74, 6) is -0.385. The second-order valence-corrected chi connectivity index (χ2v) is 5.19. The number of anilines is 1. The van der Waals surface area contributed by atoms with Crippen molar-refractivity contribution < 1.29 is 9.18 Å². The Morgan fingerprint density at radius 2 is 1.89 bits per heavy atom. The summed E-state index contributed by atoms with van der Waals surface area (Å²) in [6, 6.07) is 12.3. The zero-order valence-corrected chi connectivity index (χ0v) is 12.0. The fourth-order valence-electron chi connectivity index (χ4n) is 1.97. The van der Waals surface area contributed by atoms with Gasteiger partial charge < -0.3 is 4.90 Å². The first kappa shape index (κ1) is 13.7. The lowest BCUT2D eigenvalue weighted by Crippen LogP contribution is -2.19. The number of carbonyl (C=O) groups is 1. The van der Waals surface area contributed by atoms with Gasteiger partial charge in [0.25, 0.3) is 0 Å². The van der Waals surface area contributed by atoms with Gasteiger partial charge in [-0.1, -0.05) is 34.1 Å². The molecule has 0 bridgehead atoms. The van der Waals surface area contributed by atoms with Crippen molar-refractivity contribution in [1.29, 1.82) is 0 Å². The third-order valence-electron chi connectivity index (χ3n) is 2.86. The number of benzene rings is 2. The maximum Gasteiger partial charge on any atom is 0.152 e. The topological polar surface area (TPSA) is 20.3 Å². The molecule has 0 unspecified atom stereocenters. The highest BCUT2D eigenvalue weighted by molar-refractivity contribution is 9.10. The highest BCUT2D eigenvalue weighted by Gasteiger charge is 2.12. The van der Waals surface area contributed by atoms with Crippen molar-refractivity contribution in [2.24, 2.45) is 0 Å². The van der Waals surface area contributed by atoms with E-state index in [0.29, 0.717) is 24.1 Å². The number of nitrogens with zero attached hydrogens (tertiary/aromatic N) is 1. The van der Waals surface area contributed by atoms with Crippen molar-refractivity contribution in [3.05, 3.63) is 63.9 Å². The van der Waals surface area contributed by atoms with Crippen LogP contribution in [0.25, 0.3) is 0 Å². The SMILES string of the molecule is CN(Cc1ccc(Br)cc1)c1c(F)cccc1C=O. The number of hydrogen-bond acceptors (Lipinski definition) is 2. The van der Waals surface area contributed by atoms with Gasteiger partial charge in [0.2, 0.25) is 0 Å². The first-order valence-corrected chi connectivity index (χ1v) is 6.60. The maximum absolute atomic E-state index is 13.8. The number of rotatable bonds is 4. The van der Waals surface area contributed by atoms with Gasteiger partial charge in [-0.25, -0.2) is 4.39 Å². The summed E-state index contributed by atoms with van der Waals surface area (Å²) in [5, 5.41) is 0. The quantitative estimate of drug-likeness (QED) is 0.792. The van der Waals surface area contributed by atoms with E-state index in [1.807, 2.05) is 24.3 Å². The van der Waals surface area contributed by atoms with E-state index in [1.54, 1.807) is 18.0 Å². The van der Waals surface area contributed by atoms with Crippen LogP contribution in [0.4, 0.5) is 10.1 Å². The lowest BCUT2D eigenvalue weighted by Gasteiger charge is -2.21. The van der Waals surface area contributed by atoms with Gasteiger partial charge in [0.15, 0.2) is 6.29 Å².